The summed E-state index contributed by atoms with van der Waals surface area (Å²) < 4.78 is 30.3. The number of ether oxygens (including phenoxy) is 5. The van der Waals surface area contributed by atoms with Gasteiger partial charge in [0, 0.05) is 37.7 Å². The minimum absolute atomic E-state index is 0.00289. The van der Waals surface area contributed by atoms with E-state index in [0.29, 0.717) is 5.56 Å². The molecule has 1 aliphatic heterocycles. The van der Waals surface area contributed by atoms with Crippen LogP contribution in [0.15, 0.2) is 102 Å². The first-order valence-corrected chi connectivity index (χ1v) is 20.5. The molecule has 4 N–H and O–H groups in total. The monoisotopic (exact) mass is 855 g/mol. The number of aliphatic hydroxyl groups excluding tert-OH is 2. The number of hydrogen-bond donors (Lipinski definition) is 4. The summed E-state index contributed by atoms with van der Waals surface area (Å²) >= 11 is 0. The predicted molar refractivity (Wildman–Crippen MR) is 218 cm³/mol. The Morgan fingerprint density at radius 2 is 1.47 bits per heavy atom. The Hall–Kier alpha value is -5.74. The summed E-state index contributed by atoms with van der Waals surface area (Å²) in [6.45, 7) is 7.97. The average Bonchev–Trinajstić information content (AvgIpc) is 3.24. The van der Waals surface area contributed by atoms with Crippen LogP contribution in [0, 0.1) is 16.7 Å². The quantitative estimate of drug-likeness (QED) is 0.130. The van der Waals surface area contributed by atoms with Crippen molar-refractivity contribution in [3.63, 3.8) is 0 Å². The first kappa shape index (κ1) is 44.3. The minimum Gasteiger partial charge on any atom is -0.456 e. The van der Waals surface area contributed by atoms with Gasteiger partial charge in [-0.25, -0.2) is 9.59 Å². The SMILES string of the molecule is CC(=O)O[C@H]1C(=O)[C@@]2(C)[C@H]([C@H](OC(=O)c3ccccc3)[C@]3(O)C[C@H](OC(=O)[C@H](O)[C@@H](N[14C](=O)c4ccccc4)c4ccccc4)C(C)=C1C3(C)C)[C@]1(OC(C)=O)CO[C@@H]1C[C@@H]2O. The number of hydrogen-bond acceptors (Lipinski definition) is 14. The van der Waals surface area contributed by atoms with Crippen LogP contribution in [-0.4, -0.2) is 105 Å². The summed E-state index contributed by atoms with van der Waals surface area (Å²) in [6, 6.07) is 22.9. The highest BCUT2D eigenvalue weighted by atomic mass is 16.6. The molecule has 15 heteroatoms. The van der Waals surface area contributed by atoms with E-state index < -0.39 is 113 Å². The van der Waals surface area contributed by atoms with Crippen molar-refractivity contribution in [2.24, 2.45) is 16.7 Å². The van der Waals surface area contributed by atoms with Crippen LogP contribution in [0.2, 0.25) is 0 Å². The number of ketones is 1. The van der Waals surface area contributed by atoms with Crippen molar-refractivity contribution in [1.82, 2.24) is 5.32 Å². The van der Waals surface area contributed by atoms with Crippen LogP contribution in [0.5, 0.6) is 0 Å². The van der Waals surface area contributed by atoms with Gasteiger partial charge in [-0.15, -0.1) is 0 Å². The Morgan fingerprint density at radius 1 is 0.871 bits per heavy atom. The molecule has 7 rings (SSSR count). The van der Waals surface area contributed by atoms with E-state index in [2.05, 4.69) is 5.32 Å². The molecule has 0 aromatic heterocycles. The van der Waals surface area contributed by atoms with Crippen molar-refractivity contribution < 1.29 is 67.8 Å². The third-order valence-electron chi connectivity index (χ3n) is 13.5. The first-order chi connectivity index (χ1) is 29.3. The normalized spacial score (nSPS) is 31.9. The third kappa shape index (κ3) is 7.29. The van der Waals surface area contributed by atoms with Gasteiger partial charge in [0.05, 0.1) is 35.6 Å². The summed E-state index contributed by atoms with van der Waals surface area (Å²) in [5, 5.41) is 40.2. The van der Waals surface area contributed by atoms with E-state index in [1.807, 2.05) is 0 Å². The molecular formula is C47H51NO14. The largest absolute Gasteiger partial charge is 0.456 e. The van der Waals surface area contributed by atoms with Gasteiger partial charge in [-0.05, 0) is 54.8 Å². The molecule has 0 radical (unpaired) electrons. The molecule has 3 aromatic rings. The Labute approximate surface area is 358 Å². The van der Waals surface area contributed by atoms with E-state index in [4.69, 9.17) is 23.7 Å². The highest BCUT2D eigenvalue weighted by Gasteiger charge is 2.78. The third-order valence-corrected chi connectivity index (χ3v) is 13.5. The van der Waals surface area contributed by atoms with Gasteiger partial charge in [-0.2, -0.15) is 0 Å². The lowest BCUT2D eigenvalue weighted by Crippen LogP contribution is -2.82. The number of Topliss-reactive ketones (excluding diaryl/α,β-unsaturated/α-hetero) is 1. The second kappa shape index (κ2) is 16.5. The van der Waals surface area contributed by atoms with Crippen LogP contribution in [0.25, 0.3) is 0 Å². The Kier molecular flexibility index (Phi) is 11.8. The molecule has 0 unspecified atom stereocenters. The van der Waals surface area contributed by atoms with Gasteiger partial charge in [0.25, 0.3) is 5.91 Å². The van der Waals surface area contributed by atoms with Gasteiger partial charge in [-0.1, -0.05) is 80.6 Å². The van der Waals surface area contributed by atoms with E-state index in [9.17, 15) is 39.3 Å². The van der Waals surface area contributed by atoms with E-state index in [1.54, 1.807) is 92.7 Å². The lowest BCUT2D eigenvalue weighted by molar-refractivity contribution is -0.346. The number of nitrogens with one attached hydrogen (secondary N) is 1. The van der Waals surface area contributed by atoms with Crippen LogP contribution < -0.4 is 5.32 Å². The molecule has 11 atom stereocenters. The summed E-state index contributed by atoms with van der Waals surface area (Å²) in [4.78, 5) is 83.5. The molecule has 3 aromatic carbocycles. The van der Waals surface area contributed by atoms with Crippen LogP contribution in [0.4, 0.5) is 0 Å². The van der Waals surface area contributed by atoms with Gasteiger partial charge in [0.15, 0.2) is 23.6 Å². The van der Waals surface area contributed by atoms with Gasteiger partial charge >= 0.3 is 23.9 Å². The van der Waals surface area contributed by atoms with Gasteiger partial charge in [0.2, 0.25) is 0 Å². The minimum atomic E-state index is -2.39. The molecule has 3 aliphatic carbocycles. The zero-order valence-electron chi connectivity index (χ0n) is 35.2. The van der Waals surface area contributed by atoms with Crippen LogP contribution >= 0.6 is 0 Å². The number of carbonyl (C=O) groups is 6. The Balaban J connectivity index is 1.39. The number of esters is 4. The number of fused-ring (bicyclic) bond motifs is 5. The maximum atomic E-state index is 15.5. The molecular weight excluding hydrogens is 805 g/mol. The standard InChI is InChI=1S/C47H51NO14/c1-25-31(60-43(56)36(52)35(28-16-10-7-11-17-28)48-41(54)29-18-12-8-13-19-29)23-47(57)40(61-42(55)30-20-14-9-15-21-30)38-45(6,32(51)22-33-46(38,24-58-33)62-27(3)50)39(53)37(59-26(2)49)34(25)44(47,4)5/h7-21,31-33,35-38,40,51-52,57H,22-24H2,1-6H3,(H,48,54)/t31-,32-,33+,35-,36+,37+,38-,40-,45+,46-,47+/m0/s1/i41+2. The number of rotatable bonds is 10. The number of benzene rings is 3. The molecule has 1 heterocycles. The molecule has 3 fully saturated rings. The van der Waals surface area contributed by atoms with Gasteiger partial charge < -0.3 is 44.3 Å². The van der Waals surface area contributed by atoms with Gasteiger partial charge in [0.1, 0.15) is 23.9 Å². The fraction of sp³-hybridized carbons (Fsp3) is 0.447. The summed E-state index contributed by atoms with van der Waals surface area (Å²) in [6.07, 6.45) is -10.5. The van der Waals surface area contributed by atoms with Crippen molar-refractivity contribution in [3.05, 3.63) is 119 Å². The van der Waals surface area contributed by atoms with E-state index in [0.717, 1.165) is 13.8 Å². The van der Waals surface area contributed by atoms with Gasteiger partial charge in [-0.3, -0.25) is 19.2 Å². The zero-order chi connectivity index (χ0) is 44.9. The molecule has 1 amide bonds. The predicted octanol–water partition coefficient (Wildman–Crippen LogP) is 3.74. The number of carbonyl (C=O) groups excluding carboxylic acids is 6. The molecule has 0 spiro atoms. The summed E-state index contributed by atoms with van der Waals surface area (Å²) in [5.41, 5.74) is -7.02. The maximum absolute atomic E-state index is 15.5. The van der Waals surface area contributed by atoms with Crippen molar-refractivity contribution in [2.75, 3.05) is 6.61 Å². The van der Waals surface area contributed by atoms with Crippen molar-refractivity contribution in [3.8, 4) is 0 Å². The first-order valence-electron chi connectivity index (χ1n) is 20.5. The fourth-order valence-electron chi connectivity index (χ4n) is 10.2. The highest BCUT2D eigenvalue weighted by Crippen LogP contribution is 2.64. The maximum Gasteiger partial charge on any atom is 0.338 e. The molecule has 328 valence electrons. The van der Waals surface area contributed by atoms with Crippen LogP contribution in [-0.2, 0) is 42.9 Å². The van der Waals surface area contributed by atoms with E-state index in [1.165, 1.54) is 26.0 Å². The molecule has 15 nitrogen and oxygen atoms in total. The van der Waals surface area contributed by atoms with E-state index in [-0.39, 0.29) is 35.3 Å². The molecule has 2 saturated carbocycles. The lowest BCUT2D eigenvalue weighted by atomic mass is 9.44. The average molecular weight is 856 g/mol. The summed E-state index contributed by atoms with van der Waals surface area (Å²) in [7, 11) is 0. The molecule has 62 heavy (non-hydrogen) atoms. The van der Waals surface area contributed by atoms with Crippen molar-refractivity contribution in [1.29, 1.82) is 0 Å². The summed E-state index contributed by atoms with van der Waals surface area (Å²) in [5.74, 6) is -6.84. The van der Waals surface area contributed by atoms with Crippen LogP contribution in [0.1, 0.15) is 86.7 Å². The highest BCUT2D eigenvalue weighted by molar-refractivity contribution is 5.96. The Morgan fingerprint density at radius 3 is 2.03 bits per heavy atom. The molecule has 2 bridgehead atoms. The topological polar surface area (TPSA) is 221 Å². The lowest BCUT2D eigenvalue weighted by Gasteiger charge is -2.67. The second-order valence-electron chi connectivity index (χ2n) is 17.4. The van der Waals surface area contributed by atoms with E-state index >= 15 is 4.79 Å². The smallest absolute Gasteiger partial charge is 0.338 e. The van der Waals surface area contributed by atoms with Crippen molar-refractivity contribution in [2.45, 2.75) is 108 Å². The Bertz CT molecular complexity index is 2280. The molecule has 1 saturated heterocycles. The van der Waals surface area contributed by atoms with Crippen molar-refractivity contribution >= 4 is 35.6 Å². The van der Waals surface area contributed by atoms with Crippen LogP contribution in [0.3, 0.4) is 0 Å². The zero-order valence-corrected chi connectivity index (χ0v) is 35.2. The second-order valence-corrected chi connectivity index (χ2v) is 17.4. The molecule has 4 aliphatic rings. The number of aliphatic hydroxyl groups is 3. The number of amides is 1. The fourth-order valence-corrected chi connectivity index (χ4v) is 10.2.